The second-order valence-electron chi connectivity index (χ2n) is 6.05. The molecule has 2 bridgehead atoms. The Balaban J connectivity index is 1.96. The highest BCUT2D eigenvalue weighted by Gasteiger charge is 2.60. The molecule has 5 nitrogen and oxygen atoms in total. The summed E-state index contributed by atoms with van der Waals surface area (Å²) >= 11 is 0. The van der Waals surface area contributed by atoms with Crippen LogP contribution in [0.2, 0.25) is 0 Å². The number of rotatable bonds is 3. The summed E-state index contributed by atoms with van der Waals surface area (Å²) in [6.45, 7) is 3.37. The standard InChI is InChI=1S/C14H17NO4/c1-6(2)11(14(18)19)15-12(16)9-7-3-4-8(5-7)10(9)13(15)17/h3-4,6-11H,5H2,1-2H3,(H,18,19)/p-1/t7-,8-,9+,10+,11-/m1/s1. The van der Waals surface area contributed by atoms with Crippen molar-refractivity contribution in [3.05, 3.63) is 12.2 Å². The van der Waals surface area contributed by atoms with Crippen molar-refractivity contribution in [1.29, 1.82) is 0 Å². The van der Waals surface area contributed by atoms with E-state index in [9.17, 15) is 19.5 Å². The van der Waals surface area contributed by atoms with Crippen molar-refractivity contribution in [2.24, 2.45) is 29.6 Å². The Morgan fingerprint density at radius 1 is 1.21 bits per heavy atom. The summed E-state index contributed by atoms with van der Waals surface area (Å²) < 4.78 is 0. The Morgan fingerprint density at radius 2 is 1.68 bits per heavy atom. The van der Waals surface area contributed by atoms with Gasteiger partial charge in [-0.1, -0.05) is 26.0 Å². The van der Waals surface area contributed by atoms with Gasteiger partial charge in [-0.05, 0) is 24.2 Å². The van der Waals surface area contributed by atoms with Crippen LogP contribution in [0.3, 0.4) is 0 Å². The Labute approximate surface area is 111 Å². The lowest BCUT2D eigenvalue weighted by Crippen LogP contribution is -2.54. The van der Waals surface area contributed by atoms with Gasteiger partial charge in [-0.3, -0.25) is 14.5 Å². The van der Waals surface area contributed by atoms with Crippen LogP contribution in [-0.4, -0.2) is 28.7 Å². The molecule has 0 spiro atoms. The molecule has 102 valence electrons. The molecule has 19 heavy (non-hydrogen) atoms. The molecule has 0 N–H and O–H groups in total. The van der Waals surface area contributed by atoms with Crippen molar-refractivity contribution in [1.82, 2.24) is 4.90 Å². The lowest BCUT2D eigenvalue weighted by molar-refractivity contribution is -0.312. The topological polar surface area (TPSA) is 77.5 Å². The zero-order valence-electron chi connectivity index (χ0n) is 10.9. The van der Waals surface area contributed by atoms with E-state index < -0.39 is 12.0 Å². The number of fused-ring (bicyclic) bond motifs is 5. The van der Waals surface area contributed by atoms with Crippen molar-refractivity contribution in [3.8, 4) is 0 Å². The second kappa shape index (κ2) is 3.92. The minimum Gasteiger partial charge on any atom is -0.548 e. The molecule has 0 unspecified atom stereocenters. The number of allylic oxidation sites excluding steroid dienone is 2. The maximum Gasteiger partial charge on any atom is 0.234 e. The smallest absolute Gasteiger partial charge is 0.234 e. The first-order valence-electron chi connectivity index (χ1n) is 6.69. The molecule has 2 fully saturated rings. The summed E-state index contributed by atoms with van der Waals surface area (Å²) in [6.07, 6.45) is 4.83. The zero-order chi connectivity index (χ0) is 13.9. The van der Waals surface area contributed by atoms with Gasteiger partial charge >= 0.3 is 0 Å². The maximum atomic E-state index is 12.4. The zero-order valence-corrected chi connectivity index (χ0v) is 10.9. The number of hydrogen-bond acceptors (Lipinski definition) is 4. The fourth-order valence-corrected chi connectivity index (χ4v) is 3.88. The van der Waals surface area contributed by atoms with E-state index in [2.05, 4.69) is 0 Å². The average Bonchev–Trinajstić information content (AvgIpc) is 2.97. The van der Waals surface area contributed by atoms with Crippen LogP contribution in [0.4, 0.5) is 0 Å². The lowest BCUT2D eigenvalue weighted by atomic mass is 9.85. The van der Waals surface area contributed by atoms with Gasteiger partial charge in [-0.2, -0.15) is 0 Å². The minimum absolute atomic E-state index is 0.103. The van der Waals surface area contributed by atoms with E-state index in [4.69, 9.17) is 0 Å². The van der Waals surface area contributed by atoms with Crippen LogP contribution in [0.25, 0.3) is 0 Å². The third-order valence-electron chi connectivity index (χ3n) is 4.66. The van der Waals surface area contributed by atoms with Crippen LogP contribution in [0.5, 0.6) is 0 Å². The van der Waals surface area contributed by atoms with Gasteiger partial charge in [0.1, 0.15) is 0 Å². The van der Waals surface area contributed by atoms with Gasteiger partial charge < -0.3 is 9.90 Å². The first-order valence-corrected chi connectivity index (χ1v) is 6.69. The van der Waals surface area contributed by atoms with E-state index in [-0.39, 0.29) is 41.4 Å². The van der Waals surface area contributed by atoms with E-state index in [1.165, 1.54) is 0 Å². The summed E-state index contributed by atoms with van der Waals surface area (Å²) in [5, 5.41) is 11.2. The highest BCUT2D eigenvalue weighted by molar-refractivity contribution is 6.08. The van der Waals surface area contributed by atoms with Gasteiger partial charge in [-0.25, -0.2) is 0 Å². The Kier molecular flexibility index (Phi) is 2.56. The van der Waals surface area contributed by atoms with Crippen molar-refractivity contribution in [3.63, 3.8) is 0 Å². The summed E-state index contributed by atoms with van der Waals surface area (Å²) in [7, 11) is 0. The maximum absolute atomic E-state index is 12.4. The van der Waals surface area contributed by atoms with Crippen LogP contribution in [0.1, 0.15) is 20.3 Å². The number of carboxylic acids is 1. The van der Waals surface area contributed by atoms with Gasteiger partial charge in [0.15, 0.2) is 0 Å². The van der Waals surface area contributed by atoms with E-state index >= 15 is 0 Å². The molecule has 0 aromatic rings. The summed E-state index contributed by atoms with van der Waals surface area (Å²) in [5.74, 6) is -2.83. The monoisotopic (exact) mass is 262 g/mol. The predicted molar refractivity (Wildman–Crippen MR) is 63.2 cm³/mol. The number of aliphatic carboxylic acids is 1. The molecule has 1 saturated heterocycles. The summed E-state index contributed by atoms with van der Waals surface area (Å²) in [5.41, 5.74) is 0. The number of carbonyl (C=O) groups is 3. The molecule has 2 amide bonds. The van der Waals surface area contributed by atoms with Crippen molar-refractivity contribution < 1.29 is 19.5 Å². The Hall–Kier alpha value is -1.65. The first kappa shape index (κ1) is 12.4. The second-order valence-corrected chi connectivity index (χ2v) is 6.05. The average molecular weight is 262 g/mol. The number of hydrogen-bond donors (Lipinski definition) is 0. The number of nitrogens with zero attached hydrogens (tertiary/aromatic N) is 1. The predicted octanol–water partition coefficient (Wildman–Crippen LogP) is -0.432. The number of amides is 2. The van der Waals surface area contributed by atoms with E-state index in [0.29, 0.717) is 0 Å². The number of imide groups is 1. The molecular formula is C14H16NO4-. The molecule has 1 heterocycles. The van der Waals surface area contributed by atoms with Crippen molar-refractivity contribution in [2.45, 2.75) is 26.3 Å². The number of carboxylic acid groups (broad SMARTS) is 1. The van der Waals surface area contributed by atoms with Gasteiger partial charge in [0.2, 0.25) is 11.8 Å². The van der Waals surface area contributed by atoms with Crippen LogP contribution >= 0.6 is 0 Å². The molecule has 3 rings (SSSR count). The SMILES string of the molecule is CC(C)[C@H](C(=O)[O-])N1C(=O)[C@@H]2[C@@H](C1=O)[C@@H]1C=C[C@@H]2C1. The summed E-state index contributed by atoms with van der Waals surface area (Å²) in [6, 6.07) is -1.15. The molecule has 0 aromatic carbocycles. The Morgan fingerprint density at radius 3 is 2.05 bits per heavy atom. The van der Waals surface area contributed by atoms with Crippen LogP contribution in [-0.2, 0) is 14.4 Å². The lowest BCUT2D eigenvalue weighted by Gasteiger charge is -2.31. The van der Waals surface area contributed by atoms with Gasteiger partial charge in [0, 0.05) is 0 Å². The first-order chi connectivity index (χ1) is 8.93. The highest BCUT2D eigenvalue weighted by Crippen LogP contribution is 2.53. The van der Waals surface area contributed by atoms with Gasteiger partial charge in [0.25, 0.3) is 0 Å². The molecule has 2 aliphatic carbocycles. The molecule has 0 aromatic heterocycles. The van der Waals surface area contributed by atoms with E-state index in [1.807, 2.05) is 12.2 Å². The number of likely N-dealkylation sites (tertiary alicyclic amines) is 1. The van der Waals surface area contributed by atoms with Crippen LogP contribution in [0, 0.1) is 29.6 Å². The van der Waals surface area contributed by atoms with Gasteiger partial charge in [0.05, 0.1) is 23.8 Å². The van der Waals surface area contributed by atoms with E-state index in [0.717, 1.165) is 11.3 Å². The normalized spacial score (nSPS) is 37.3. The Bertz CT molecular complexity index is 466. The van der Waals surface area contributed by atoms with Gasteiger partial charge in [-0.15, -0.1) is 0 Å². The third kappa shape index (κ3) is 1.50. The molecule has 3 aliphatic rings. The molecular weight excluding hydrogens is 246 g/mol. The summed E-state index contributed by atoms with van der Waals surface area (Å²) in [4.78, 5) is 37.0. The molecule has 1 saturated carbocycles. The van der Waals surface area contributed by atoms with Crippen molar-refractivity contribution in [2.75, 3.05) is 0 Å². The quantitative estimate of drug-likeness (QED) is 0.510. The fourth-order valence-electron chi connectivity index (χ4n) is 3.88. The van der Waals surface area contributed by atoms with Crippen LogP contribution < -0.4 is 5.11 Å². The minimum atomic E-state index is -1.35. The van der Waals surface area contributed by atoms with E-state index in [1.54, 1.807) is 13.8 Å². The molecule has 0 radical (unpaired) electrons. The third-order valence-corrected chi connectivity index (χ3v) is 4.66. The van der Waals surface area contributed by atoms with Crippen LogP contribution in [0.15, 0.2) is 12.2 Å². The molecule has 5 atom stereocenters. The highest BCUT2D eigenvalue weighted by atomic mass is 16.4. The molecule has 5 heteroatoms. The van der Waals surface area contributed by atoms with Crippen molar-refractivity contribution >= 4 is 17.8 Å². The number of carbonyl (C=O) groups excluding carboxylic acids is 3. The fraction of sp³-hybridized carbons (Fsp3) is 0.643. The largest absolute Gasteiger partial charge is 0.548 e. The molecule has 1 aliphatic heterocycles.